The molecule has 0 aromatic carbocycles. The molecular weight excluding hydrogens is 180 g/mol. The number of aromatic nitrogens is 2. The lowest BCUT2D eigenvalue weighted by Gasteiger charge is -1.90. The molecule has 1 heterocycles. The monoisotopic (exact) mass is 186 g/mol. The summed E-state index contributed by atoms with van der Waals surface area (Å²) in [5, 5.41) is 11.7. The Morgan fingerprint density at radius 3 is 2.50 bits per heavy atom. The summed E-state index contributed by atoms with van der Waals surface area (Å²) in [6.45, 7) is 0. The van der Waals surface area contributed by atoms with E-state index in [1.54, 1.807) is 0 Å². The molecule has 12 heavy (non-hydrogen) atoms. The largest absolute Gasteiger partial charge is 0.477 e. The van der Waals surface area contributed by atoms with Crippen LogP contribution >= 0.6 is 12.6 Å². The molecule has 0 fully saturated rings. The highest BCUT2D eigenvalue weighted by molar-refractivity contribution is 7.97. The van der Waals surface area contributed by atoms with Crippen LogP contribution in [0.2, 0.25) is 0 Å². The molecule has 6 heteroatoms. The third kappa shape index (κ3) is 1.48. The molecule has 0 unspecified atom stereocenters. The zero-order chi connectivity index (χ0) is 9.30. The Labute approximate surface area is 73.4 Å². The fourth-order valence-corrected chi connectivity index (χ4v) is 0.881. The lowest BCUT2D eigenvalue weighted by molar-refractivity contribution is 0.0685. The maximum Gasteiger partial charge on any atom is 0.354 e. The van der Waals surface area contributed by atoms with Crippen molar-refractivity contribution in [2.24, 2.45) is 7.05 Å². The van der Waals surface area contributed by atoms with Gasteiger partial charge in [-0.3, -0.25) is 9.48 Å². The highest BCUT2D eigenvalue weighted by atomic mass is 32.1. The zero-order valence-corrected chi connectivity index (χ0v) is 7.08. The average molecular weight is 186 g/mol. The summed E-state index contributed by atoms with van der Waals surface area (Å²) >= 11 is 3.51. The Balaban J connectivity index is 3.17. The van der Waals surface area contributed by atoms with Crippen molar-refractivity contribution in [2.75, 3.05) is 0 Å². The highest BCUT2D eigenvalue weighted by Gasteiger charge is 2.13. The zero-order valence-electron chi connectivity index (χ0n) is 6.18. The van der Waals surface area contributed by atoms with Gasteiger partial charge in [-0.05, 0) is 0 Å². The number of rotatable bonds is 2. The molecule has 0 aliphatic carbocycles. The van der Waals surface area contributed by atoms with Crippen LogP contribution in [0.3, 0.4) is 0 Å². The number of carbonyl (C=O) groups is 2. The van der Waals surface area contributed by atoms with Crippen molar-refractivity contribution in [3.63, 3.8) is 0 Å². The van der Waals surface area contributed by atoms with Crippen LogP contribution in [-0.2, 0) is 7.05 Å². The number of aromatic carboxylic acids is 1. The lowest BCUT2D eigenvalue weighted by Crippen LogP contribution is -2.04. The molecular formula is C6H6N2O3S. The summed E-state index contributed by atoms with van der Waals surface area (Å²) in [5.41, 5.74) is 0.00522. The first-order chi connectivity index (χ1) is 5.52. The van der Waals surface area contributed by atoms with Crippen LogP contribution in [0.1, 0.15) is 21.0 Å². The van der Waals surface area contributed by atoms with E-state index in [9.17, 15) is 9.59 Å². The van der Waals surface area contributed by atoms with Crippen molar-refractivity contribution in [2.45, 2.75) is 0 Å². The van der Waals surface area contributed by atoms with E-state index in [2.05, 4.69) is 17.7 Å². The van der Waals surface area contributed by atoms with Gasteiger partial charge in [-0.15, -0.1) is 0 Å². The maximum absolute atomic E-state index is 10.6. The lowest BCUT2D eigenvalue weighted by atomic mass is 10.4. The standard InChI is InChI=1S/C6H6N2O3S/c1-8-4(5(9)10)2-3(7-8)6(11)12/h2H,1H3,(H,9,10)(H,11,12). The van der Waals surface area contributed by atoms with Gasteiger partial charge in [0.25, 0.3) is 0 Å². The van der Waals surface area contributed by atoms with Crippen LogP contribution in [0.5, 0.6) is 0 Å². The summed E-state index contributed by atoms with van der Waals surface area (Å²) < 4.78 is 1.12. The first-order valence-corrected chi connectivity index (χ1v) is 3.47. The van der Waals surface area contributed by atoms with Crippen molar-refractivity contribution in [1.82, 2.24) is 9.78 Å². The second kappa shape index (κ2) is 2.98. The third-order valence-corrected chi connectivity index (χ3v) is 1.55. The number of hydrogen-bond acceptors (Lipinski definition) is 3. The molecule has 1 aromatic rings. The molecule has 0 saturated heterocycles. The smallest absolute Gasteiger partial charge is 0.354 e. The molecule has 0 radical (unpaired) electrons. The van der Waals surface area contributed by atoms with Crippen LogP contribution < -0.4 is 0 Å². The number of carboxylic acids is 1. The van der Waals surface area contributed by atoms with Gasteiger partial charge in [0.2, 0.25) is 5.12 Å². The van der Waals surface area contributed by atoms with Crippen LogP contribution in [-0.4, -0.2) is 26.0 Å². The van der Waals surface area contributed by atoms with Crippen molar-refractivity contribution in [3.05, 3.63) is 17.5 Å². The van der Waals surface area contributed by atoms with E-state index in [1.807, 2.05) is 0 Å². The Morgan fingerprint density at radius 2 is 2.25 bits per heavy atom. The number of carbonyl (C=O) groups excluding carboxylic acids is 1. The van der Waals surface area contributed by atoms with Gasteiger partial charge in [0.15, 0.2) is 0 Å². The van der Waals surface area contributed by atoms with Gasteiger partial charge in [-0.2, -0.15) is 5.10 Å². The number of thiol groups is 1. The topological polar surface area (TPSA) is 72.2 Å². The van der Waals surface area contributed by atoms with Crippen molar-refractivity contribution in [3.8, 4) is 0 Å². The van der Waals surface area contributed by atoms with Gasteiger partial charge < -0.3 is 5.11 Å². The van der Waals surface area contributed by atoms with Crippen LogP contribution in [0, 0.1) is 0 Å². The molecule has 0 aliphatic rings. The summed E-state index contributed by atoms with van der Waals surface area (Å²) in [6.07, 6.45) is 0. The molecule has 1 N–H and O–H groups in total. The fourth-order valence-electron chi connectivity index (χ4n) is 0.772. The van der Waals surface area contributed by atoms with E-state index in [-0.39, 0.29) is 11.4 Å². The van der Waals surface area contributed by atoms with Gasteiger partial charge in [-0.1, -0.05) is 12.6 Å². The number of carboxylic acid groups (broad SMARTS) is 1. The average Bonchev–Trinajstić information content (AvgIpc) is 2.30. The molecule has 5 nitrogen and oxygen atoms in total. The second-order valence-corrected chi connectivity index (χ2v) is 2.55. The predicted molar refractivity (Wildman–Crippen MR) is 43.5 cm³/mol. The van der Waals surface area contributed by atoms with Crippen molar-refractivity contribution < 1.29 is 14.7 Å². The summed E-state index contributed by atoms with van der Waals surface area (Å²) in [7, 11) is 1.45. The van der Waals surface area contributed by atoms with E-state index in [0.717, 1.165) is 4.68 Å². The molecule has 1 aromatic heterocycles. The molecule has 64 valence electrons. The second-order valence-electron chi connectivity index (χ2n) is 2.15. The molecule has 1 rings (SSSR count). The Kier molecular flexibility index (Phi) is 2.18. The Hall–Kier alpha value is -1.30. The number of hydrogen-bond donors (Lipinski definition) is 2. The Morgan fingerprint density at radius 1 is 1.67 bits per heavy atom. The van der Waals surface area contributed by atoms with E-state index in [4.69, 9.17) is 5.11 Å². The Bertz CT molecular complexity index is 345. The normalized spacial score (nSPS) is 9.83. The van der Waals surface area contributed by atoms with Gasteiger partial charge in [0, 0.05) is 13.1 Å². The maximum atomic E-state index is 10.6. The molecule has 0 amide bonds. The number of aryl methyl sites for hydroxylation is 1. The van der Waals surface area contributed by atoms with Crippen LogP contribution in [0.15, 0.2) is 6.07 Å². The van der Waals surface area contributed by atoms with E-state index < -0.39 is 11.1 Å². The predicted octanol–water partition coefficient (Wildman–Crippen LogP) is 0.188. The van der Waals surface area contributed by atoms with Gasteiger partial charge in [0.1, 0.15) is 11.4 Å². The molecule has 0 spiro atoms. The number of nitrogens with zero attached hydrogens (tertiary/aromatic N) is 2. The van der Waals surface area contributed by atoms with Gasteiger partial charge >= 0.3 is 5.97 Å². The third-order valence-electron chi connectivity index (χ3n) is 1.32. The van der Waals surface area contributed by atoms with Crippen molar-refractivity contribution in [1.29, 1.82) is 0 Å². The van der Waals surface area contributed by atoms with E-state index in [0.29, 0.717) is 0 Å². The summed E-state index contributed by atoms with van der Waals surface area (Å²) in [5.74, 6) is -1.12. The minimum Gasteiger partial charge on any atom is -0.477 e. The van der Waals surface area contributed by atoms with Gasteiger partial charge in [-0.25, -0.2) is 4.79 Å². The van der Waals surface area contributed by atoms with Gasteiger partial charge in [0.05, 0.1) is 0 Å². The molecule has 0 saturated carbocycles. The van der Waals surface area contributed by atoms with Crippen LogP contribution in [0.4, 0.5) is 0 Å². The minimum atomic E-state index is -1.12. The quantitative estimate of drug-likeness (QED) is 0.646. The van der Waals surface area contributed by atoms with Crippen LogP contribution in [0.25, 0.3) is 0 Å². The highest BCUT2D eigenvalue weighted by Crippen LogP contribution is 2.05. The SMILES string of the molecule is Cn1nc(C(=O)S)cc1C(=O)O. The van der Waals surface area contributed by atoms with Crippen molar-refractivity contribution >= 4 is 23.7 Å². The van der Waals surface area contributed by atoms with E-state index >= 15 is 0 Å². The summed E-state index contributed by atoms with van der Waals surface area (Å²) in [6, 6.07) is 1.18. The van der Waals surface area contributed by atoms with E-state index in [1.165, 1.54) is 13.1 Å². The minimum absolute atomic E-state index is 0.0348. The fraction of sp³-hybridized carbons (Fsp3) is 0.167. The first kappa shape index (κ1) is 8.79. The first-order valence-electron chi connectivity index (χ1n) is 3.03. The molecule has 0 atom stereocenters. The molecule has 0 aliphatic heterocycles. The molecule has 0 bridgehead atoms. The summed E-state index contributed by atoms with van der Waals surface area (Å²) in [4.78, 5) is 21.1.